The zero-order valence-electron chi connectivity index (χ0n) is 25.2. The molecule has 38 heavy (non-hydrogen) atoms. The van der Waals surface area contributed by atoms with E-state index < -0.39 is 12.0 Å². The van der Waals surface area contributed by atoms with Gasteiger partial charge in [0.25, 0.3) is 0 Å². The van der Waals surface area contributed by atoms with Crippen molar-refractivity contribution in [1.29, 1.82) is 0 Å². The predicted molar refractivity (Wildman–Crippen MR) is 157 cm³/mol. The van der Waals surface area contributed by atoms with Gasteiger partial charge in [0.05, 0.1) is 13.0 Å². The summed E-state index contributed by atoms with van der Waals surface area (Å²) in [6.45, 7) is 7.46. The summed E-state index contributed by atoms with van der Waals surface area (Å²) in [5, 5.41) is 2.78. The van der Waals surface area contributed by atoms with Gasteiger partial charge in [0, 0.05) is 19.5 Å². The van der Waals surface area contributed by atoms with Crippen molar-refractivity contribution in [3.8, 4) is 0 Å². The smallest absolute Gasteiger partial charge is 0.308 e. The molecule has 1 atom stereocenters. The lowest BCUT2D eigenvalue weighted by Gasteiger charge is -2.34. The van der Waals surface area contributed by atoms with Crippen LogP contribution in [0.1, 0.15) is 156 Å². The van der Waals surface area contributed by atoms with Crippen molar-refractivity contribution in [2.75, 3.05) is 19.7 Å². The number of esters is 1. The maximum absolute atomic E-state index is 12.8. The number of piperazine rings is 1. The van der Waals surface area contributed by atoms with E-state index >= 15 is 0 Å². The first kappa shape index (κ1) is 34.4. The Balaban J connectivity index is 1.99. The summed E-state index contributed by atoms with van der Waals surface area (Å²) in [5.74, 6) is -0.443. The van der Waals surface area contributed by atoms with Crippen molar-refractivity contribution in [3.05, 3.63) is 0 Å². The number of rotatable bonds is 24. The molecule has 1 fully saturated rings. The minimum atomic E-state index is -0.740. The quantitative estimate of drug-likeness (QED) is 0.101. The Bertz CT molecular complexity index is 623. The predicted octanol–water partition coefficient (Wildman–Crippen LogP) is 7.72. The maximum Gasteiger partial charge on any atom is 0.308 e. The maximum atomic E-state index is 12.8. The number of hydrogen-bond acceptors (Lipinski definition) is 4. The highest BCUT2D eigenvalue weighted by molar-refractivity contribution is 5.91. The Kier molecular flexibility index (Phi) is 21.1. The molecule has 1 heterocycles. The first-order chi connectivity index (χ1) is 18.5. The Morgan fingerprint density at radius 3 is 1.68 bits per heavy atom. The van der Waals surface area contributed by atoms with Crippen LogP contribution in [-0.2, 0) is 19.1 Å². The van der Waals surface area contributed by atoms with Crippen LogP contribution >= 0.6 is 0 Å². The lowest BCUT2D eigenvalue weighted by atomic mass is 10.0. The molecule has 0 aliphatic carbocycles. The van der Waals surface area contributed by atoms with Gasteiger partial charge in [-0.15, -0.1) is 0 Å². The fourth-order valence-corrected chi connectivity index (χ4v) is 5.19. The SMILES string of the molecule is CCCCCCCCCCCCCCCCCCCCCC(=O)N1CCNC(=O)C1CC(=O)OCC(C)C. The molecule has 1 aliphatic rings. The number of ether oxygens (including phenoxy) is 1. The molecule has 0 aromatic heterocycles. The molecule has 0 bridgehead atoms. The summed E-state index contributed by atoms with van der Waals surface area (Å²) in [4.78, 5) is 38.8. The van der Waals surface area contributed by atoms with Gasteiger partial charge in [-0.2, -0.15) is 0 Å². The second kappa shape index (κ2) is 23.3. The number of carbonyl (C=O) groups is 3. The normalized spacial score (nSPS) is 15.6. The fraction of sp³-hybridized carbons (Fsp3) is 0.906. The third-order valence-corrected chi connectivity index (χ3v) is 7.58. The van der Waals surface area contributed by atoms with Gasteiger partial charge in [0.15, 0.2) is 0 Å². The zero-order chi connectivity index (χ0) is 27.8. The van der Waals surface area contributed by atoms with E-state index in [0.29, 0.717) is 26.1 Å². The molecule has 1 unspecified atom stereocenters. The van der Waals surface area contributed by atoms with Gasteiger partial charge in [-0.25, -0.2) is 0 Å². The number of nitrogens with one attached hydrogen (secondary N) is 1. The fourth-order valence-electron chi connectivity index (χ4n) is 5.19. The van der Waals surface area contributed by atoms with E-state index in [-0.39, 0.29) is 24.2 Å². The monoisotopic (exact) mass is 536 g/mol. The average Bonchev–Trinajstić information content (AvgIpc) is 2.89. The van der Waals surface area contributed by atoms with Crippen molar-refractivity contribution < 1.29 is 19.1 Å². The number of nitrogens with zero attached hydrogens (tertiary/aromatic N) is 1. The molecular weight excluding hydrogens is 476 g/mol. The lowest BCUT2D eigenvalue weighted by Crippen LogP contribution is -2.57. The van der Waals surface area contributed by atoms with E-state index in [9.17, 15) is 14.4 Å². The Labute approximate surface area is 234 Å². The van der Waals surface area contributed by atoms with Crippen LogP contribution in [0.15, 0.2) is 0 Å². The lowest BCUT2D eigenvalue weighted by molar-refractivity contribution is -0.152. The minimum Gasteiger partial charge on any atom is -0.465 e. The van der Waals surface area contributed by atoms with Crippen LogP contribution in [0, 0.1) is 5.92 Å². The highest BCUT2D eigenvalue weighted by Crippen LogP contribution is 2.17. The molecule has 0 radical (unpaired) electrons. The van der Waals surface area contributed by atoms with Gasteiger partial charge >= 0.3 is 5.97 Å². The van der Waals surface area contributed by atoms with Gasteiger partial charge in [0.2, 0.25) is 11.8 Å². The summed E-state index contributed by atoms with van der Waals surface area (Å²) in [6, 6.07) is -0.740. The Hall–Kier alpha value is -1.59. The summed E-state index contributed by atoms with van der Waals surface area (Å²) >= 11 is 0. The molecular formula is C32H60N2O4. The number of unbranched alkanes of at least 4 members (excludes halogenated alkanes) is 18. The Morgan fingerprint density at radius 1 is 0.789 bits per heavy atom. The molecule has 0 spiro atoms. The summed E-state index contributed by atoms with van der Waals surface area (Å²) in [7, 11) is 0. The number of hydrogen-bond donors (Lipinski definition) is 1. The minimum absolute atomic E-state index is 0.0199. The topological polar surface area (TPSA) is 75.7 Å². The van der Waals surface area contributed by atoms with Crippen molar-refractivity contribution >= 4 is 17.8 Å². The zero-order valence-corrected chi connectivity index (χ0v) is 25.2. The van der Waals surface area contributed by atoms with Crippen LogP contribution in [0.5, 0.6) is 0 Å². The molecule has 222 valence electrons. The van der Waals surface area contributed by atoms with Crippen molar-refractivity contribution in [3.63, 3.8) is 0 Å². The summed E-state index contributed by atoms with van der Waals surface area (Å²) in [6.07, 6.45) is 25.6. The third kappa shape index (κ3) is 17.8. The average molecular weight is 537 g/mol. The molecule has 0 aromatic rings. The summed E-state index contributed by atoms with van der Waals surface area (Å²) < 4.78 is 5.23. The number of amides is 2. The molecule has 2 amide bonds. The van der Waals surface area contributed by atoms with Crippen molar-refractivity contribution in [1.82, 2.24) is 10.2 Å². The summed E-state index contributed by atoms with van der Waals surface area (Å²) in [5.41, 5.74) is 0. The van der Waals surface area contributed by atoms with E-state index in [1.54, 1.807) is 4.90 Å². The Morgan fingerprint density at radius 2 is 1.24 bits per heavy atom. The second-order valence-electron chi connectivity index (χ2n) is 11.8. The van der Waals surface area contributed by atoms with Crippen LogP contribution < -0.4 is 5.32 Å². The van der Waals surface area contributed by atoms with Gasteiger partial charge in [-0.05, 0) is 12.3 Å². The molecule has 1 aliphatic heterocycles. The highest BCUT2D eigenvalue weighted by atomic mass is 16.5. The van der Waals surface area contributed by atoms with Gasteiger partial charge in [-0.3, -0.25) is 14.4 Å². The van der Waals surface area contributed by atoms with Crippen molar-refractivity contribution in [2.45, 2.75) is 162 Å². The van der Waals surface area contributed by atoms with E-state index in [4.69, 9.17) is 4.74 Å². The van der Waals surface area contributed by atoms with Gasteiger partial charge in [0.1, 0.15) is 6.04 Å². The molecule has 1 rings (SSSR count). The van der Waals surface area contributed by atoms with Crippen LogP contribution in [0.25, 0.3) is 0 Å². The standard InChI is InChI=1S/C32H60N2O4/c1-4-5-6-7-8-9-10-11-12-13-14-15-16-17-18-19-20-21-22-23-30(35)34-25-24-33-32(37)29(34)26-31(36)38-27-28(2)3/h28-29H,4-27H2,1-3H3,(H,33,37). The van der Waals surface area contributed by atoms with E-state index in [1.165, 1.54) is 103 Å². The van der Waals surface area contributed by atoms with Crippen molar-refractivity contribution in [2.24, 2.45) is 5.92 Å². The van der Waals surface area contributed by atoms with Crippen LogP contribution in [0.2, 0.25) is 0 Å². The van der Waals surface area contributed by atoms with Crippen LogP contribution in [0.3, 0.4) is 0 Å². The van der Waals surface area contributed by atoms with Gasteiger partial charge < -0.3 is 15.0 Å². The molecule has 0 aromatic carbocycles. The van der Waals surface area contributed by atoms with E-state index in [1.807, 2.05) is 13.8 Å². The largest absolute Gasteiger partial charge is 0.465 e. The molecule has 1 saturated heterocycles. The second-order valence-corrected chi connectivity index (χ2v) is 11.8. The van der Waals surface area contributed by atoms with Crippen LogP contribution in [-0.4, -0.2) is 48.4 Å². The molecule has 6 nitrogen and oxygen atoms in total. The van der Waals surface area contributed by atoms with E-state index in [0.717, 1.165) is 19.3 Å². The number of carbonyl (C=O) groups excluding carboxylic acids is 3. The first-order valence-electron chi connectivity index (χ1n) is 16.2. The van der Waals surface area contributed by atoms with Gasteiger partial charge in [-0.1, -0.05) is 136 Å². The van der Waals surface area contributed by atoms with Crippen LogP contribution in [0.4, 0.5) is 0 Å². The molecule has 0 saturated carbocycles. The van der Waals surface area contributed by atoms with E-state index in [2.05, 4.69) is 12.2 Å². The highest BCUT2D eigenvalue weighted by Gasteiger charge is 2.34. The molecule has 1 N–H and O–H groups in total. The first-order valence-corrected chi connectivity index (χ1v) is 16.2. The molecule has 6 heteroatoms. The third-order valence-electron chi connectivity index (χ3n) is 7.58.